The molecule has 0 aliphatic heterocycles. The Balaban J connectivity index is 2.83. The Morgan fingerprint density at radius 1 is 1.20 bits per heavy atom. The highest BCUT2D eigenvalue weighted by atomic mass is 32.2. The minimum Gasteiger partial charge on any atom is -0.388 e. The van der Waals surface area contributed by atoms with Crippen LogP contribution in [0.5, 0.6) is 0 Å². The van der Waals surface area contributed by atoms with Crippen LogP contribution in [0.3, 0.4) is 0 Å². The van der Waals surface area contributed by atoms with Crippen molar-refractivity contribution in [3.8, 4) is 0 Å². The molecule has 2 aromatic rings. The van der Waals surface area contributed by atoms with Crippen molar-refractivity contribution in [2.45, 2.75) is 37.3 Å². The summed E-state index contributed by atoms with van der Waals surface area (Å²) < 4.78 is 24.5. The fourth-order valence-corrected chi connectivity index (χ4v) is 3.53. The van der Waals surface area contributed by atoms with E-state index in [0.717, 1.165) is 22.2 Å². The number of pyridine rings is 1. The molecule has 108 valence electrons. The van der Waals surface area contributed by atoms with E-state index in [-0.39, 0.29) is 0 Å². The summed E-state index contributed by atoms with van der Waals surface area (Å²) in [5.41, 5.74) is 2.40. The number of hydrogen-bond acceptors (Lipinski definition) is 4. The number of rotatable bonds is 2. The van der Waals surface area contributed by atoms with Crippen molar-refractivity contribution in [1.29, 1.82) is 0 Å². The molecular formula is C15H20N2O2S. The summed E-state index contributed by atoms with van der Waals surface area (Å²) in [7, 11) is -1.57. The van der Waals surface area contributed by atoms with Crippen LogP contribution in [0.25, 0.3) is 10.9 Å². The first-order valence-electron chi connectivity index (χ1n) is 6.50. The van der Waals surface area contributed by atoms with E-state index in [1.807, 2.05) is 26.1 Å². The van der Waals surface area contributed by atoms with Gasteiger partial charge in [0.25, 0.3) is 0 Å². The van der Waals surface area contributed by atoms with Gasteiger partial charge in [0.1, 0.15) is 0 Å². The van der Waals surface area contributed by atoms with Crippen molar-refractivity contribution in [3.63, 3.8) is 0 Å². The number of fused-ring (bicyclic) bond motifs is 1. The molecule has 5 heteroatoms. The van der Waals surface area contributed by atoms with Crippen molar-refractivity contribution < 1.29 is 8.42 Å². The molecule has 0 unspecified atom stereocenters. The number of nitrogens with one attached hydrogen (secondary N) is 1. The van der Waals surface area contributed by atoms with Gasteiger partial charge in [0, 0.05) is 24.3 Å². The summed E-state index contributed by atoms with van der Waals surface area (Å²) in [5.74, 6) is 0. The lowest BCUT2D eigenvalue weighted by molar-refractivity contribution is 0.560. The highest BCUT2D eigenvalue weighted by Gasteiger charge is 2.32. The van der Waals surface area contributed by atoms with Crippen LogP contribution in [0.2, 0.25) is 0 Å². The Labute approximate surface area is 120 Å². The molecule has 1 aromatic carbocycles. The summed E-state index contributed by atoms with van der Waals surface area (Å²) in [4.78, 5) is 4.68. The summed E-state index contributed by atoms with van der Waals surface area (Å²) in [6, 6.07) is 5.39. The van der Waals surface area contributed by atoms with Crippen LogP contribution >= 0.6 is 0 Å². The van der Waals surface area contributed by atoms with Gasteiger partial charge in [-0.2, -0.15) is 0 Å². The topological polar surface area (TPSA) is 59.1 Å². The van der Waals surface area contributed by atoms with Gasteiger partial charge < -0.3 is 5.32 Å². The summed E-state index contributed by atoms with van der Waals surface area (Å²) in [5, 5.41) is 3.89. The third-order valence-electron chi connectivity index (χ3n) is 3.40. The molecule has 0 saturated carbocycles. The van der Waals surface area contributed by atoms with Crippen molar-refractivity contribution in [1.82, 2.24) is 4.98 Å². The van der Waals surface area contributed by atoms with Gasteiger partial charge in [0.2, 0.25) is 0 Å². The summed E-state index contributed by atoms with van der Waals surface area (Å²) in [6.45, 7) is 6.96. The maximum absolute atomic E-state index is 12.7. The number of sulfone groups is 1. The van der Waals surface area contributed by atoms with E-state index in [4.69, 9.17) is 0 Å². The second-order valence-corrected chi connectivity index (χ2v) is 8.53. The van der Waals surface area contributed by atoms with Gasteiger partial charge in [-0.3, -0.25) is 4.98 Å². The molecule has 0 saturated heterocycles. The molecule has 0 fully saturated rings. The van der Waals surface area contributed by atoms with Gasteiger partial charge in [-0.05, 0) is 51.5 Å². The van der Waals surface area contributed by atoms with Gasteiger partial charge in [-0.25, -0.2) is 8.42 Å². The van der Waals surface area contributed by atoms with E-state index in [0.29, 0.717) is 4.90 Å². The Morgan fingerprint density at radius 3 is 2.40 bits per heavy atom. The van der Waals surface area contributed by atoms with Gasteiger partial charge in [-0.1, -0.05) is 0 Å². The molecule has 1 aromatic heterocycles. The van der Waals surface area contributed by atoms with Crippen molar-refractivity contribution in [2.75, 3.05) is 12.4 Å². The molecule has 1 heterocycles. The fourth-order valence-electron chi connectivity index (χ4n) is 2.11. The largest absolute Gasteiger partial charge is 0.388 e. The molecule has 4 nitrogen and oxygen atoms in total. The standard InChI is InChI=1S/C15H20N2O2S/c1-10-8-13-11(12(16-5)6-7-17-13)9-14(10)20(18,19)15(2,3)4/h6-9H,1-5H3,(H,16,17). The number of anilines is 1. The average molecular weight is 292 g/mol. The van der Waals surface area contributed by atoms with Crippen LogP contribution in [0.15, 0.2) is 29.3 Å². The van der Waals surface area contributed by atoms with Crippen LogP contribution in [0.4, 0.5) is 5.69 Å². The molecule has 2 rings (SSSR count). The third-order valence-corrected chi connectivity index (χ3v) is 6.03. The van der Waals surface area contributed by atoms with Gasteiger partial charge >= 0.3 is 0 Å². The predicted molar refractivity (Wildman–Crippen MR) is 83.0 cm³/mol. The van der Waals surface area contributed by atoms with Crippen LogP contribution in [-0.2, 0) is 9.84 Å². The molecular weight excluding hydrogens is 272 g/mol. The Kier molecular flexibility index (Phi) is 3.50. The van der Waals surface area contributed by atoms with Crippen molar-refractivity contribution >= 4 is 26.4 Å². The van der Waals surface area contributed by atoms with E-state index >= 15 is 0 Å². The Bertz CT molecular complexity index is 759. The number of aryl methyl sites for hydroxylation is 1. The van der Waals surface area contributed by atoms with Crippen LogP contribution < -0.4 is 5.32 Å². The lowest BCUT2D eigenvalue weighted by atomic mass is 10.1. The maximum atomic E-state index is 12.7. The highest BCUT2D eigenvalue weighted by Crippen LogP contribution is 2.32. The summed E-state index contributed by atoms with van der Waals surface area (Å²) >= 11 is 0. The Morgan fingerprint density at radius 2 is 1.85 bits per heavy atom. The second kappa shape index (κ2) is 4.74. The molecule has 0 atom stereocenters. The van der Waals surface area contributed by atoms with E-state index in [1.54, 1.807) is 33.0 Å². The zero-order valence-corrected chi connectivity index (χ0v) is 13.3. The lowest BCUT2D eigenvalue weighted by Gasteiger charge is -2.21. The monoisotopic (exact) mass is 292 g/mol. The number of aromatic nitrogens is 1. The zero-order valence-electron chi connectivity index (χ0n) is 12.5. The average Bonchev–Trinajstić information content (AvgIpc) is 2.35. The van der Waals surface area contributed by atoms with E-state index in [9.17, 15) is 8.42 Å². The highest BCUT2D eigenvalue weighted by molar-refractivity contribution is 7.92. The van der Waals surface area contributed by atoms with E-state index in [1.165, 1.54) is 0 Å². The van der Waals surface area contributed by atoms with E-state index < -0.39 is 14.6 Å². The summed E-state index contributed by atoms with van der Waals surface area (Å²) in [6.07, 6.45) is 1.71. The van der Waals surface area contributed by atoms with Crippen LogP contribution in [0.1, 0.15) is 26.3 Å². The number of nitrogens with zero attached hydrogens (tertiary/aromatic N) is 1. The van der Waals surface area contributed by atoms with Gasteiger partial charge in [0.05, 0.1) is 15.2 Å². The predicted octanol–water partition coefficient (Wildman–Crippen LogP) is 3.16. The van der Waals surface area contributed by atoms with E-state index in [2.05, 4.69) is 10.3 Å². The smallest absolute Gasteiger partial charge is 0.183 e. The first-order valence-corrected chi connectivity index (χ1v) is 7.98. The number of benzene rings is 1. The maximum Gasteiger partial charge on any atom is 0.183 e. The quantitative estimate of drug-likeness (QED) is 0.923. The first kappa shape index (κ1) is 14.8. The van der Waals surface area contributed by atoms with Crippen molar-refractivity contribution in [2.24, 2.45) is 0 Å². The van der Waals surface area contributed by atoms with Crippen molar-refractivity contribution in [3.05, 3.63) is 30.0 Å². The third kappa shape index (κ3) is 2.26. The second-order valence-electron chi connectivity index (χ2n) is 5.86. The molecule has 1 N–H and O–H groups in total. The van der Waals surface area contributed by atoms with Gasteiger partial charge in [-0.15, -0.1) is 0 Å². The van der Waals surface area contributed by atoms with Crippen LogP contribution in [0, 0.1) is 6.92 Å². The zero-order chi connectivity index (χ0) is 15.1. The SMILES string of the molecule is CNc1ccnc2cc(C)c(S(=O)(=O)C(C)(C)C)cc12. The molecule has 0 aliphatic rings. The normalized spacial score (nSPS) is 12.7. The lowest BCUT2D eigenvalue weighted by Crippen LogP contribution is -2.28. The first-order chi connectivity index (χ1) is 9.18. The van der Waals surface area contributed by atoms with Crippen LogP contribution in [-0.4, -0.2) is 25.2 Å². The fraction of sp³-hybridized carbons (Fsp3) is 0.400. The minimum absolute atomic E-state index is 0.377. The molecule has 0 bridgehead atoms. The number of hydrogen-bond donors (Lipinski definition) is 1. The molecule has 0 spiro atoms. The minimum atomic E-state index is -3.38. The molecule has 0 amide bonds. The molecule has 0 radical (unpaired) electrons. The molecule has 20 heavy (non-hydrogen) atoms. The Hall–Kier alpha value is -1.62. The van der Waals surface area contributed by atoms with Gasteiger partial charge in [0.15, 0.2) is 9.84 Å². The molecule has 0 aliphatic carbocycles.